The van der Waals surface area contributed by atoms with Crippen molar-refractivity contribution in [2.24, 2.45) is 5.92 Å². The predicted octanol–water partition coefficient (Wildman–Crippen LogP) is 4.09. The molecule has 0 aliphatic rings. The number of nitrogens with one attached hydrogen (secondary N) is 2. The lowest BCUT2D eigenvalue weighted by molar-refractivity contribution is -0.119. The number of halogens is 1. The minimum atomic E-state index is -3.88. The Hall–Kier alpha value is -1.81. The summed E-state index contributed by atoms with van der Waals surface area (Å²) in [6.07, 6.45) is 0.696. The highest BCUT2D eigenvalue weighted by Gasteiger charge is 2.21. The Morgan fingerprint density at radius 1 is 1.15 bits per heavy atom. The standard InChI is InChI=1S/C18H21IN2O4S/c1-4-12(2)18(22)20-15-9-10-16(25-3)17(11-15)26(23,24)21-14-7-5-13(19)6-8-14/h5-12,21H,4H2,1-3H3,(H,20,22). The number of amides is 1. The highest BCUT2D eigenvalue weighted by Crippen LogP contribution is 2.29. The minimum absolute atomic E-state index is 0.0412. The number of carbonyl (C=O) groups is 1. The molecule has 140 valence electrons. The number of benzene rings is 2. The van der Waals surface area contributed by atoms with Gasteiger partial charge in [-0.15, -0.1) is 0 Å². The predicted molar refractivity (Wildman–Crippen MR) is 111 cm³/mol. The summed E-state index contributed by atoms with van der Waals surface area (Å²) >= 11 is 2.14. The van der Waals surface area contributed by atoms with Gasteiger partial charge in [-0.3, -0.25) is 9.52 Å². The van der Waals surface area contributed by atoms with E-state index in [0.29, 0.717) is 17.8 Å². The van der Waals surface area contributed by atoms with Crippen molar-refractivity contribution in [2.75, 3.05) is 17.1 Å². The van der Waals surface area contributed by atoms with Gasteiger partial charge in [0.15, 0.2) is 0 Å². The molecule has 2 aromatic carbocycles. The molecule has 0 saturated carbocycles. The number of sulfonamides is 1. The fraction of sp³-hybridized carbons (Fsp3) is 0.278. The van der Waals surface area contributed by atoms with Crippen LogP contribution in [0.5, 0.6) is 5.75 Å². The average molecular weight is 488 g/mol. The molecule has 1 atom stereocenters. The van der Waals surface area contributed by atoms with Crippen LogP contribution in [0.25, 0.3) is 0 Å². The molecule has 0 bridgehead atoms. The highest BCUT2D eigenvalue weighted by atomic mass is 127. The molecule has 0 aromatic heterocycles. The first-order valence-corrected chi connectivity index (χ1v) is 10.6. The second-order valence-electron chi connectivity index (χ2n) is 5.78. The van der Waals surface area contributed by atoms with Crippen LogP contribution in [0.4, 0.5) is 11.4 Å². The third kappa shape index (κ3) is 5.10. The van der Waals surface area contributed by atoms with Crippen molar-refractivity contribution < 1.29 is 17.9 Å². The van der Waals surface area contributed by atoms with Gasteiger partial charge in [-0.1, -0.05) is 13.8 Å². The Labute approximate surface area is 167 Å². The summed E-state index contributed by atoms with van der Waals surface area (Å²) in [7, 11) is -2.48. The topological polar surface area (TPSA) is 84.5 Å². The van der Waals surface area contributed by atoms with E-state index in [0.717, 1.165) is 3.57 Å². The maximum atomic E-state index is 12.8. The highest BCUT2D eigenvalue weighted by molar-refractivity contribution is 14.1. The van der Waals surface area contributed by atoms with Gasteiger partial charge in [0.05, 0.1) is 7.11 Å². The Morgan fingerprint density at radius 3 is 2.35 bits per heavy atom. The lowest BCUT2D eigenvalue weighted by Gasteiger charge is -2.15. The van der Waals surface area contributed by atoms with Crippen molar-refractivity contribution in [3.05, 3.63) is 46.0 Å². The van der Waals surface area contributed by atoms with Crippen molar-refractivity contribution in [3.63, 3.8) is 0 Å². The number of rotatable bonds is 7. The van der Waals surface area contributed by atoms with E-state index in [1.807, 2.05) is 13.8 Å². The molecule has 0 aliphatic heterocycles. The zero-order chi connectivity index (χ0) is 19.3. The monoisotopic (exact) mass is 488 g/mol. The van der Waals surface area contributed by atoms with Crippen LogP contribution in [0.2, 0.25) is 0 Å². The van der Waals surface area contributed by atoms with E-state index >= 15 is 0 Å². The summed E-state index contributed by atoms with van der Waals surface area (Å²) in [4.78, 5) is 12.0. The van der Waals surface area contributed by atoms with Crippen LogP contribution in [0.3, 0.4) is 0 Å². The molecule has 2 N–H and O–H groups in total. The van der Waals surface area contributed by atoms with Crippen molar-refractivity contribution >= 4 is 49.9 Å². The number of carbonyl (C=O) groups excluding carboxylic acids is 1. The van der Waals surface area contributed by atoms with Crippen LogP contribution >= 0.6 is 22.6 Å². The fourth-order valence-electron chi connectivity index (χ4n) is 2.14. The van der Waals surface area contributed by atoms with Crippen molar-refractivity contribution in [1.82, 2.24) is 0 Å². The zero-order valence-electron chi connectivity index (χ0n) is 14.7. The summed E-state index contributed by atoms with van der Waals surface area (Å²) in [5, 5.41) is 2.74. The van der Waals surface area contributed by atoms with Crippen LogP contribution in [0.1, 0.15) is 20.3 Å². The molecule has 1 unspecified atom stereocenters. The van der Waals surface area contributed by atoms with E-state index in [9.17, 15) is 13.2 Å². The molecule has 0 fully saturated rings. The van der Waals surface area contributed by atoms with Crippen molar-refractivity contribution in [1.29, 1.82) is 0 Å². The first-order chi connectivity index (χ1) is 12.3. The van der Waals surface area contributed by atoms with Gasteiger partial charge in [-0.05, 0) is 71.5 Å². The first-order valence-electron chi connectivity index (χ1n) is 8.04. The molecule has 0 spiro atoms. The van der Waals surface area contributed by atoms with Gasteiger partial charge < -0.3 is 10.1 Å². The Balaban J connectivity index is 2.34. The summed E-state index contributed by atoms with van der Waals surface area (Å²) in [5.74, 6) is -0.127. The maximum Gasteiger partial charge on any atom is 0.265 e. The Kier molecular flexibility index (Phi) is 6.87. The van der Waals surface area contributed by atoms with Crippen molar-refractivity contribution in [2.45, 2.75) is 25.2 Å². The lowest BCUT2D eigenvalue weighted by atomic mass is 10.1. The van der Waals surface area contributed by atoms with E-state index in [1.165, 1.54) is 19.2 Å². The van der Waals surface area contributed by atoms with Gasteiger partial charge in [0.2, 0.25) is 5.91 Å². The molecular formula is C18H21IN2O4S. The number of hydrogen-bond acceptors (Lipinski definition) is 4. The van der Waals surface area contributed by atoms with Gasteiger partial charge >= 0.3 is 0 Å². The lowest BCUT2D eigenvalue weighted by Crippen LogP contribution is -2.20. The third-order valence-corrected chi connectivity index (χ3v) is 6.00. The SMILES string of the molecule is CCC(C)C(=O)Nc1ccc(OC)c(S(=O)(=O)Nc2ccc(I)cc2)c1. The van der Waals surface area contributed by atoms with Crippen molar-refractivity contribution in [3.8, 4) is 5.75 Å². The molecule has 26 heavy (non-hydrogen) atoms. The minimum Gasteiger partial charge on any atom is -0.495 e. The molecule has 0 saturated heterocycles. The van der Waals surface area contributed by atoms with E-state index < -0.39 is 10.0 Å². The van der Waals surface area contributed by atoms with Crippen LogP contribution in [-0.4, -0.2) is 21.4 Å². The van der Waals surface area contributed by atoms with Crippen LogP contribution in [0, 0.1) is 9.49 Å². The largest absolute Gasteiger partial charge is 0.495 e. The van der Waals surface area contributed by atoms with E-state index in [2.05, 4.69) is 32.6 Å². The molecule has 8 heteroatoms. The molecule has 2 rings (SSSR count). The molecular weight excluding hydrogens is 467 g/mol. The molecule has 0 radical (unpaired) electrons. The van der Waals surface area contributed by atoms with E-state index in [1.54, 1.807) is 30.3 Å². The van der Waals surface area contributed by atoms with E-state index in [4.69, 9.17) is 4.74 Å². The second kappa shape index (κ2) is 8.72. The fourth-order valence-corrected chi connectivity index (χ4v) is 3.76. The third-order valence-electron chi connectivity index (χ3n) is 3.88. The molecule has 1 amide bonds. The molecule has 2 aromatic rings. The maximum absolute atomic E-state index is 12.8. The Morgan fingerprint density at radius 2 is 1.77 bits per heavy atom. The smallest absolute Gasteiger partial charge is 0.265 e. The summed E-state index contributed by atoms with van der Waals surface area (Å²) in [5.41, 5.74) is 0.848. The number of methoxy groups -OCH3 is 1. The summed E-state index contributed by atoms with van der Waals surface area (Å²) in [6, 6.07) is 11.5. The van der Waals surface area contributed by atoms with E-state index in [-0.39, 0.29) is 22.5 Å². The summed E-state index contributed by atoms with van der Waals surface area (Å²) in [6.45, 7) is 3.73. The van der Waals surface area contributed by atoms with Gasteiger partial charge in [-0.2, -0.15) is 0 Å². The van der Waals surface area contributed by atoms with Crippen LogP contribution < -0.4 is 14.8 Å². The quantitative estimate of drug-likeness (QED) is 0.576. The second-order valence-corrected chi connectivity index (χ2v) is 8.67. The first kappa shape index (κ1) is 20.5. The number of ether oxygens (including phenoxy) is 1. The van der Waals surface area contributed by atoms with Crippen LogP contribution in [-0.2, 0) is 14.8 Å². The molecule has 0 aliphatic carbocycles. The van der Waals surface area contributed by atoms with Gasteiger partial charge in [0.25, 0.3) is 10.0 Å². The molecule has 6 nitrogen and oxygen atoms in total. The Bertz CT molecular complexity index is 883. The number of anilines is 2. The normalized spacial score (nSPS) is 12.3. The van der Waals surface area contributed by atoms with Gasteiger partial charge in [0.1, 0.15) is 10.6 Å². The average Bonchev–Trinajstić information content (AvgIpc) is 2.62. The summed E-state index contributed by atoms with van der Waals surface area (Å²) < 4.78 is 34.3. The zero-order valence-corrected chi connectivity index (χ0v) is 17.7. The molecule has 0 heterocycles. The van der Waals surface area contributed by atoms with Crippen LogP contribution in [0.15, 0.2) is 47.4 Å². The van der Waals surface area contributed by atoms with Gasteiger partial charge in [-0.25, -0.2) is 8.42 Å². The van der Waals surface area contributed by atoms with Gasteiger partial charge in [0, 0.05) is 20.9 Å². The number of hydrogen-bond donors (Lipinski definition) is 2.